The Labute approximate surface area is 236 Å². The van der Waals surface area contributed by atoms with E-state index < -0.39 is 17.7 Å². The van der Waals surface area contributed by atoms with Gasteiger partial charge < -0.3 is 29.0 Å². The number of morpholine rings is 1. The molecule has 2 aromatic carbocycles. The lowest BCUT2D eigenvalue weighted by atomic mass is 9.95. The fourth-order valence-corrected chi connectivity index (χ4v) is 4.94. The lowest BCUT2D eigenvalue weighted by molar-refractivity contribution is -0.140. The standard InChI is InChI=1S/C31H40N2O7/c1-5-39-24-9-6-22(7-10-24)29(34)27-28(23-8-11-25(26(20-23)37-4)40-17-12-21(2)3)33(31(36)30(27)35)14-13-32-15-18-38-19-16-32/h6-11,20-21,28,34H,5,12-19H2,1-4H3. The van der Waals surface area contributed by atoms with E-state index in [0.717, 1.165) is 19.5 Å². The third-order valence-electron chi connectivity index (χ3n) is 7.20. The number of carbonyl (C=O) groups is 2. The molecule has 0 spiro atoms. The highest BCUT2D eigenvalue weighted by Gasteiger charge is 2.46. The van der Waals surface area contributed by atoms with Gasteiger partial charge in [0.1, 0.15) is 11.5 Å². The van der Waals surface area contributed by atoms with E-state index in [1.165, 1.54) is 0 Å². The average Bonchev–Trinajstić information content (AvgIpc) is 3.21. The number of aliphatic hydroxyl groups excluding tert-OH is 1. The fourth-order valence-electron chi connectivity index (χ4n) is 4.94. The molecule has 1 atom stereocenters. The first-order chi connectivity index (χ1) is 19.3. The Morgan fingerprint density at radius 3 is 2.40 bits per heavy atom. The molecule has 2 aromatic rings. The summed E-state index contributed by atoms with van der Waals surface area (Å²) in [6.45, 7) is 10.9. The zero-order chi connectivity index (χ0) is 28.6. The van der Waals surface area contributed by atoms with Crippen LogP contribution in [-0.2, 0) is 14.3 Å². The summed E-state index contributed by atoms with van der Waals surface area (Å²) in [6.07, 6.45) is 0.898. The number of likely N-dealkylation sites (tertiary alicyclic amines) is 1. The molecular weight excluding hydrogens is 512 g/mol. The molecule has 0 aliphatic carbocycles. The zero-order valence-electron chi connectivity index (χ0n) is 23.9. The van der Waals surface area contributed by atoms with E-state index in [1.807, 2.05) is 13.0 Å². The summed E-state index contributed by atoms with van der Waals surface area (Å²) in [6, 6.07) is 11.5. The summed E-state index contributed by atoms with van der Waals surface area (Å²) in [7, 11) is 1.56. The van der Waals surface area contributed by atoms with Crippen LogP contribution in [-0.4, -0.2) is 86.3 Å². The highest BCUT2D eigenvalue weighted by molar-refractivity contribution is 6.46. The van der Waals surface area contributed by atoms with Crippen molar-refractivity contribution in [1.29, 1.82) is 0 Å². The zero-order valence-corrected chi connectivity index (χ0v) is 23.9. The number of rotatable bonds is 12. The number of benzene rings is 2. The van der Waals surface area contributed by atoms with E-state index in [2.05, 4.69) is 18.7 Å². The molecule has 2 aliphatic rings. The lowest BCUT2D eigenvalue weighted by Gasteiger charge is -2.31. The Kier molecular flexibility index (Phi) is 10.1. The second kappa shape index (κ2) is 13.7. The molecule has 0 radical (unpaired) electrons. The van der Waals surface area contributed by atoms with Gasteiger partial charge in [-0.25, -0.2) is 0 Å². The summed E-state index contributed by atoms with van der Waals surface area (Å²) in [4.78, 5) is 30.6. The Morgan fingerprint density at radius 1 is 1.02 bits per heavy atom. The third kappa shape index (κ3) is 6.77. The summed E-state index contributed by atoms with van der Waals surface area (Å²) in [5.74, 6) is 0.663. The minimum absolute atomic E-state index is 0.0478. The molecular formula is C31H40N2O7. The molecule has 1 amide bonds. The number of ketones is 1. The van der Waals surface area contributed by atoms with E-state index in [-0.39, 0.29) is 11.3 Å². The molecule has 9 heteroatoms. The molecule has 1 N–H and O–H groups in total. The van der Waals surface area contributed by atoms with Crippen LogP contribution in [0.25, 0.3) is 5.76 Å². The van der Waals surface area contributed by atoms with Gasteiger partial charge in [-0.2, -0.15) is 0 Å². The van der Waals surface area contributed by atoms with Gasteiger partial charge in [0.2, 0.25) is 0 Å². The Balaban J connectivity index is 1.71. The quantitative estimate of drug-likeness (QED) is 0.237. The number of ether oxygens (including phenoxy) is 4. The number of hydrogen-bond acceptors (Lipinski definition) is 8. The van der Waals surface area contributed by atoms with Crippen molar-refractivity contribution >= 4 is 17.4 Å². The van der Waals surface area contributed by atoms with Gasteiger partial charge in [0.15, 0.2) is 11.5 Å². The van der Waals surface area contributed by atoms with E-state index >= 15 is 0 Å². The maximum atomic E-state index is 13.4. The highest BCUT2D eigenvalue weighted by Crippen LogP contribution is 2.42. The molecule has 2 fully saturated rings. The van der Waals surface area contributed by atoms with Crippen molar-refractivity contribution < 1.29 is 33.6 Å². The Hall–Kier alpha value is -3.56. The van der Waals surface area contributed by atoms with Gasteiger partial charge in [-0.15, -0.1) is 0 Å². The van der Waals surface area contributed by atoms with Gasteiger partial charge >= 0.3 is 0 Å². The number of carbonyl (C=O) groups excluding carboxylic acids is 2. The number of nitrogens with zero attached hydrogens (tertiary/aromatic N) is 2. The molecule has 1 unspecified atom stereocenters. The Morgan fingerprint density at radius 2 is 1.75 bits per heavy atom. The number of Topliss-reactive ketones (excluding diaryl/α,β-unsaturated/α-hetero) is 1. The van der Waals surface area contributed by atoms with Crippen LogP contribution in [0.15, 0.2) is 48.0 Å². The summed E-state index contributed by atoms with van der Waals surface area (Å²) >= 11 is 0. The molecule has 2 aliphatic heterocycles. The summed E-state index contributed by atoms with van der Waals surface area (Å²) in [5, 5.41) is 11.4. The molecule has 0 saturated carbocycles. The van der Waals surface area contributed by atoms with Gasteiger partial charge in [-0.05, 0) is 61.2 Å². The maximum Gasteiger partial charge on any atom is 0.295 e. The minimum Gasteiger partial charge on any atom is -0.507 e. The van der Waals surface area contributed by atoms with Crippen LogP contribution in [0.5, 0.6) is 17.2 Å². The number of aliphatic hydroxyl groups is 1. The topological polar surface area (TPSA) is 97.8 Å². The highest BCUT2D eigenvalue weighted by atomic mass is 16.5. The first-order valence-corrected chi connectivity index (χ1v) is 14.0. The van der Waals surface area contributed by atoms with Crippen molar-refractivity contribution in [2.45, 2.75) is 33.2 Å². The van der Waals surface area contributed by atoms with Crippen LogP contribution in [0, 0.1) is 5.92 Å². The predicted molar refractivity (Wildman–Crippen MR) is 152 cm³/mol. The second-order valence-electron chi connectivity index (χ2n) is 10.3. The minimum atomic E-state index is -0.786. The van der Waals surface area contributed by atoms with Crippen LogP contribution in [0.3, 0.4) is 0 Å². The molecule has 4 rings (SSSR count). The van der Waals surface area contributed by atoms with Crippen LogP contribution in [0.2, 0.25) is 0 Å². The fraction of sp³-hybridized carbons (Fsp3) is 0.484. The molecule has 216 valence electrons. The van der Waals surface area contributed by atoms with Crippen LogP contribution < -0.4 is 14.2 Å². The van der Waals surface area contributed by atoms with Crippen molar-refractivity contribution in [2.75, 3.05) is 59.7 Å². The molecule has 0 bridgehead atoms. The summed E-state index contributed by atoms with van der Waals surface area (Å²) in [5.41, 5.74) is 1.13. The average molecular weight is 553 g/mol. The van der Waals surface area contributed by atoms with E-state index in [1.54, 1.807) is 48.4 Å². The van der Waals surface area contributed by atoms with Crippen molar-refractivity contribution in [2.24, 2.45) is 5.92 Å². The third-order valence-corrected chi connectivity index (χ3v) is 7.20. The summed E-state index contributed by atoms with van der Waals surface area (Å²) < 4.78 is 22.6. The lowest BCUT2D eigenvalue weighted by Crippen LogP contribution is -2.42. The SMILES string of the molecule is CCOc1ccc(C(O)=C2C(=O)C(=O)N(CCN3CCOCC3)C2c2ccc(OCCC(C)C)c(OC)c2)cc1. The molecule has 40 heavy (non-hydrogen) atoms. The van der Waals surface area contributed by atoms with E-state index in [9.17, 15) is 14.7 Å². The smallest absolute Gasteiger partial charge is 0.295 e. The molecule has 9 nitrogen and oxygen atoms in total. The first kappa shape index (κ1) is 29.4. The van der Waals surface area contributed by atoms with Crippen LogP contribution >= 0.6 is 0 Å². The number of amides is 1. The number of methoxy groups -OCH3 is 1. The molecule has 2 saturated heterocycles. The predicted octanol–water partition coefficient (Wildman–Crippen LogP) is 4.27. The van der Waals surface area contributed by atoms with Crippen LogP contribution in [0.4, 0.5) is 0 Å². The van der Waals surface area contributed by atoms with Crippen molar-refractivity contribution in [3.05, 3.63) is 59.2 Å². The monoisotopic (exact) mass is 552 g/mol. The van der Waals surface area contributed by atoms with Crippen molar-refractivity contribution in [1.82, 2.24) is 9.80 Å². The van der Waals surface area contributed by atoms with Crippen molar-refractivity contribution in [3.63, 3.8) is 0 Å². The van der Waals surface area contributed by atoms with E-state index in [4.69, 9.17) is 18.9 Å². The molecule has 2 heterocycles. The van der Waals surface area contributed by atoms with Crippen LogP contribution in [0.1, 0.15) is 44.4 Å². The maximum absolute atomic E-state index is 13.4. The largest absolute Gasteiger partial charge is 0.507 e. The first-order valence-electron chi connectivity index (χ1n) is 14.0. The molecule has 0 aromatic heterocycles. The Bertz CT molecular complexity index is 1200. The normalized spacial score (nSPS) is 19.3. The van der Waals surface area contributed by atoms with Gasteiger partial charge in [0.05, 0.1) is 45.2 Å². The van der Waals surface area contributed by atoms with Crippen molar-refractivity contribution in [3.8, 4) is 17.2 Å². The van der Waals surface area contributed by atoms with Gasteiger partial charge in [-0.3, -0.25) is 14.5 Å². The van der Waals surface area contributed by atoms with Gasteiger partial charge in [0, 0.05) is 31.7 Å². The van der Waals surface area contributed by atoms with E-state index in [0.29, 0.717) is 73.8 Å². The number of hydrogen-bond donors (Lipinski definition) is 1. The van der Waals surface area contributed by atoms with Gasteiger partial charge in [0.25, 0.3) is 11.7 Å². The van der Waals surface area contributed by atoms with Gasteiger partial charge in [-0.1, -0.05) is 19.9 Å². The second-order valence-corrected chi connectivity index (χ2v) is 10.3.